The van der Waals surface area contributed by atoms with Gasteiger partial charge < -0.3 is 9.80 Å². The van der Waals surface area contributed by atoms with Gasteiger partial charge in [-0.25, -0.2) is 4.98 Å². The lowest BCUT2D eigenvalue weighted by atomic mass is 9.78. The van der Waals surface area contributed by atoms with Crippen LogP contribution in [-0.2, 0) is 4.79 Å². The molecule has 1 amide bonds. The molecule has 1 saturated carbocycles. The topological polar surface area (TPSA) is 37.6 Å². The van der Waals surface area contributed by atoms with Crippen molar-refractivity contribution in [3.8, 4) is 0 Å². The van der Waals surface area contributed by atoms with Crippen molar-refractivity contribution in [2.24, 2.45) is 5.92 Å². The largest absolute Gasteiger partial charge is 0.332 e. The van der Waals surface area contributed by atoms with Crippen LogP contribution in [0.25, 0.3) is 10.2 Å². The average molecular weight is 373 g/mol. The Morgan fingerprint density at radius 1 is 1.27 bits per heavy atom. The first-order valence-corrected chi connectivity index (χ1v) is 10.9. The number of nitrogens with one attached hydrogen (secondary N) is 1. The van der Waals surface area contributed by atoms with Gasteiger partial charge in [0.1, 0.15) is 5.01 Å². The number of likely N-dealkylation sites (tertiary alicyclic amines) is 1. The molecule has 4 nitrogen and oxygen atoms in total. The fourth-order valence-electron chi connectivity index (χ4n) is 4.86. The van der Waals surface area contributed by atoms with E-state index >= 15 is 0 Å². The number of hydrogen-bond acceptors (Lipinski definition) is 3. The minimum absolute atomic E-state index is 0.0336. The van der Waals surface area contributed by atoms with E-state index in [9.17, 15) is 4.79 Å². The number of thiazole rings is 1. The molecule has 1 unspecified atom stereocenters. The van der Waals surface area contributed by atoms with E-state index in [1.54, 1.807) is 11.3 Å². The van der Waals surface area contributed by atoms with Crippen LogP contribution in [0.3, 0.4) is 0 Å². The number of benzene rings is 1. The SMILES string of the molecule is C[C@H](c1nc2ccccc2s1)N(C)C(=O)C[NH+]1CCC[C@H]2CCCC[C@@H]21. The third-order valence-corrected chi connectivity index (χ3v) is 7.73. The zero-order valence-electron chi connectivity index (χ0n) is 15.9. The van der Waals surface area contributed by atoms with Crippen molar-refractivity contribution >= 4 is 27.5 Å². The second-order valence-electron chi connectivity index (χ2n) is 8.08. The standard InChI is InChI=1S/C21H29N3OS/c1-15(21-22-17-10-4-6-12-19(17)26-21)23(2)20(25)14-24-13-7-9-16-8-3-5-11-18(16)24/h4,6,10,12,15-16,18H,3,5,7-9,11,13-14H2,1-2H3/p+1/t15-,16-,18+/m1/s1. The molecule has 140 valence electrons. The molecule has 0 spiro atoms. The van der Waals surface area contributed by atoms with Gasteiger partial charge in [0.2, 0.25) is 0 Å². The van der Waals surface area contributed by atoms with Crippen molar-refractivity contribution in [3.05, 3.63) is 29.3 Å². The molecule has 1 N–H and O–H groups in total. The van der Waals surface area contributed by atoms with E-state index in [4.69, 9.17) is 4.98 Å². The number of amides is 1. The molecular formula is C21H30N3OS+. The first-order valence-electron chi connectivity index (χ1n) is 10.1. The van der Waals surface area contributed by atoms with E-state index < -0.39 is 0 Å². The summed E-state index contributed by atoms with van der Waals surface area (Å²) in [7, 11) is 1.95. The number of quaternary nitrogens is 1. The molecule has 2 aromatic rings. The molecule has 0 bridgehead atoms. The smallest absolute Gasteiger partial charge is 0.278 e. The Bertz CT molecular complexity index is 738. The molecular weight excluding hydrogens is 342 g/mol. The average Bonchev–Trinajstić information content (AvgIpc) is 3.11. The Hall–Kier alpha value is -1.46. The third-order valence-electron chi connectivity index (χ3n) is 6.53. The number of hydrogen-bond donors (Lipinski definition) is 1. The number of likely N-dealkylation sites (N-methyl/N-ethyl adjacent to an activating group) is 1. The van der Waals surface area contributed by atoms with E-state index in [0.717, 1.165) is 23.0 Å². The molecule has 1 aromatic heterocycles. The fourth-order valence-corrected chi connectivity index (χ4v) is 5.92. The van der Waals surface area contributed by atoms with Crippen molar-refractivity contribution in [2.45, 2.75) is 57.5 Å². The first kappa shape index (κ1) is 17.9. The molecule has 2 heterocycles. The molecule has 2 fully saturated rings. The summed E-state index contributed by atoms with van der Waals surface area (Å²) in [6.45, 7) is 3.91. The van der Waals surface area contributed by atoms with Gasteiger partial charge in [-0.3, -0.25) is 4.79 Å². The normalized spacial score (nSPS) is 27.1. The quantitative estimate of drug-likeness (QED) is 0.896. The van der Waals surface area contributed by atoms with E-state index in [1.807, 2.05) is 30.1 Å². The highest BCUT2D eigenvalue weighted by Crippen LogP contribution is 2.30. The van der Waals surface area contributed by atoms with Gasteiger partial charge in [0.15, 0.2) is 6.54 Å². The van der Waals surface area contributed by atoms with Crippen molar-refractivity contribution in [1.29, 1.82) is 0 Å². The number of rotatable bonds is 4. The van der Waals surface area contributed by atoms with E-state index in [1.165, 1.54) is 48.1 Å². The summed E-state index contributed by atoms with van der Waals surface area (Å²) in [5.41, 5.74) is 1.03. The van der Waals surface area contributed by atoms with Crippen molar-refractivity contribution < 1.29 is 9.69 Å². The van der Waals surface area contributed by atoms with Gasteiger partial charge >= 0.3 is 0 Å². The fraction of sp³-hybridized carbons (Fsp3) is 0.619. The minimum Gasteiger partial charge on any atom is -0.332 e. The Morgan fingerprint density at radius 3 is 2.88 bits per heavy atom. The van der Waals surface area contributed by atoms with Gasteiger partial charge in [-0.2, -0.15) is 0 Å². The Morgan fingerprint density at radius 2 is 2.04 bits per heavy atom. The third kappa shape index (κ3) is 3.52. The van der Waals surface area contributed by atoms with E-state index in [-0.39, 0.29) is 11.9 Å². The maximum Gasteiger partial charge on any atom is 0.278 e. The summed E-state index contributed by atoms with van der Waals surface area (Å²) in [6.07, 6.45) is 8.07. The van der Waals surface area contributed by atoms with Crippen LogP contribution in [0.4, 0.5) is 0 Å². The van der Waals surface area contributed by atoms with E-state index in [2.05, 4.69) is 13.0 Å². The summed E-state index contributed by atoms with van der Waals surface area (Å²) in [4.78, 5) is 21.2. The summed E-state index contributed by atoms with van der Waals surface area (Å²) in [6, 6.07) is 8.96. The van der Waals surface area contributed by atoms with Crippen LogP contribution in [0, 0.1) is 5.92 Å². The van der Waals surface area contributed by atoms with Crippen LogP contribution in [0.15, 0.2) is 24.3 Å². The molecule has 1 aliphatic heterocycles. The van der Waals surface area contributed by atoms with Crippen LogP contribution < -0.4 is 4.90 Å². The lowest BCUT2D eigenvalue weighted by Gasteiger charge is -2.41. The second-order valence-corrected chi connectivity index (χ2v) is 9.14. The van der Waals surface area contributed by atoms with Crippen molar-refractivity contribution in [2.75, 3.05) is 20.1 Å². The highest BCUT2D eigenvalue weighted by Gasteiger charge is 2.38. The zero-order valence-corrected chi connectivity index (χ0v) is 16.7. The van der Waals surface area contributed by atoms with Gasteiger partial charge in [0.05, 0.1) is 28.8 Å². The maximum absolute atomic E-state index is 13.0. The van der Waals surface area contributed by atoms with Crippen LogP contribution in [0.5, 0.6) is 0 Å². The lowest BCUT2D eigenvalue weighted by molar-refractivity contribution is -0.929. The number of carbonyl (C=O) groups excluding carboxylic acids is 1. The van der Waals surface area contributed by atoms with Gasteiger partial charge in [-0.15, -0.1) is 11.3 Å². The Kier molecular flexibility index (Phi) is 5.28. The highest BCUT2D eigenvalue weighted by molar-refractivity contribution is 7.18. The van der Waals surface area contributed by atoms with Crippen LogP contribution >= 0.6 is 11.3 Å². The maximum atomic E-state index is 13.0. The Balaban J connectivity index is 1.43. The van der Waals surface area contributed by atoms with Gasteiger partial charge in [0, 0.05) is 13.0 Å². The van der Waals surface area contributed by atoms with Crippen molar-refractivity contribution in [1.82, 2.24) is 9.88 Å². The molecule has 4 rings (SSSR count). The number of nitrogens with zero attached hydrogens (tertiary/aromatic N) is 2. The molecule has 1 aromatic carbocycles. The molecule has 1 saturated heterocycles. The molecule has 4 atom stereocenters. The summed E-state index contributed by atoms with van der Waals surface area (Å²) < 4.78 is 1.20. The van der Waals surface area contributed by atoms with Crippen LogP contribution in [-0.4, -0.2) is 42.0 Å². The predicted molar refractivity (Wildman–Crippen MR) is 106 cm³/mol. The number of fused-ring (bicyclic) bond motifs is 2. The van der Waals surface area contributed by atoms with Crippen molar-refractivity contribution in [3.63, 3.8) is 0 Å². The molecule has 26 heavy (non-hydrogen) atoms. The lowest BCUT2D eigenvalue weighted by Crippen LogP contribution is -3.18. The number of aromatic nitrogens is 1. The summed E-state index contributed by atoms with van der Waals surface area (Å²) in [5, 5.41) is 1.03. The second kappa shape index (κ2) is 7.65. The minimum atomic E-state index is 0.0336. The molecule has 1 aliphatic carbocycles. The predicted octanol–water partition coefficient (Wildman–Crippen LogP) is 3.05. The number of piperidine rings is 1. The van der Waals surface area contributed by atoms with Crippen LogP contribution in [0.1, 0.15) is 56.5 Å². The van der Waals surface area contributed by atoms with Gasteiger partial charge in [0.25, 0.3) is 5.91 Å². The monoisotopic (exact) mass is 372 g/mol. The number of carbonyl (C=O) groups is 1. The van der Waals surface area contributed by atoms with Gasteiger partial charge in [-0.1, -0.05) is 18.6 Å². The van der Waals surface area contributed by atoms with Gasteiger partial charge in [-0.05, 0) is 51.2 Å². The molecule has 5 heteroatoms. The van der Waals surface area contributed by atoms with E-state index in [0.29, 0.717) is 12.6 Å². The summed E-state index contributed by atoms with van der Waals surface area (Å²) >= 11 is 1.70. The Labute approximate surface area is 160 Å². The zero-order chi connectivity index (χ0) is 18.1. The van der Waals surface area contributed by atoms with Crippen LogP contribution in [0.2, 0.25) is 0 Å². The molecule has 2 aliphatic rings. The highest BCUT2D eigenvalue weighted by atomic mass is 32.1. The molecule has 0 radical (unpaired) electrons. The summed E-state index contributed by atoms with van der Waals surface area (Å²) in [5.74, 6) is 1.12. The number of para-hydroxylation sites is 1. The first-order chi connectivity index (χ1) is 12.6.